The topological polar surface area (TPSA) is 78.9 Å². The molecule has 6 nitrogen and oxygen atoms in total. The number of likely N-dealkylation sites (N-methyl/N-ethyl adjacent to an activating group) is 1. The van der Waals surface area contributed by atoms with Gasteiger partial charge in [-0.25, -0.2) is 0 Å². The molecule has 2 N–H and O–H groups in total. The van der Waals surface area contributed by atoms with Crippen LogP contribution in [0.3, 0.4) is 0 Å². The number of nitrogens with one attached hydrogen (secondary N) is 1. The molecular weight excluding hydrogens is 284 g/mol. The molecular formula is C16H24N2O4. The average Bonchev–Trinajstić information content (AvgIpc) is 2.45. The second-order valence-corrected chi connectivity index (χ2v) is 5.19. The van der Waals surface area contributed by atoms with E-state index in [2.05, 4.69) is 12.2 Å². The fourth-order valence-electron chi connectivity index (χ4n) is 1.87. The largest absolute Gasteiger partial charge is 0.494 e. The Morgan fingerprint density at radius 3 is 2.77 bits per heavy atom. The van der Waals surface area contributed by atoms with Gasteiger partial charge in [-0.3, -0.25) is 14.5 Å². The van der Waals surface area contributed by atoms with Crippen molar-refractivity contribution in [3.8, 4) is 5.75 Å². The van der Waals surface area contributed by atoms with Gasteiger partial charge in [0, 0.05) is 6.54 Å². The number of hydrogen-bond acceptors (Lipinski definition) is 4. The number of amides is 1. The Labute approximate surface area is 131 Å². The van der Waals surface area contributed by atoms with E-state index in [4.69, 9.17) is 9.84 Å². The Bertz CT molecular complexity index is 491. The maximum atomic E-state index is 11.7. The van der Waals surface area contributed by atoms with Gasteiger partial charge in [-0.1, -0.05) is 25.5 Å². The smallest absolute Gasteiger partial charge is 0.317 e. The summed E-state index contributed by atoms with van der Waals surface area (Å²) < 4.78 is 5.62. The summed E-state index contributed by atoms with van der Waals surface area (Å²) in [5.41, 5.74) is 0.947. The lowest BCUT2D eigenvalue weighted by Gasteiger charge is -2.14. The standard InChI is InChI=1S/C16H24N2O4/c1-3-4-8-22-14-7-5-6-13(9-14)10-17-15(19)11-18(2)12-16(20)21/h5-7,9H,3-4,8,10-12H2,1-2H3,(H,17,19)(H,20,21). The van der Waals surface area contributed by atoms with Gasteiger partial charge in [0.1, 0.15) is 5.75 Å². The third kappa shape index (κ3) is 7.64. The Kier molecular flexibility index (Phi) is 7.99. The third-order valence-electron chi connectivity index (χ3n) is 2.97. The van der Waals surface area contributed by atoms with Crippen molar-refractivity contribution in [2.45, 2.75) is 26.3 Å². The molecule has 0 aliphatic rings. The molecule has 0 heterocycles. The van der Waals surface area contributed by atoms with Crippen molar-refractivity contribution in [1.29, 1.82) is 0 Å². The quantitative estimate of drug-likeness (QED) is 0.640. The van der Waals surface area contributed by atoms with Crippen molar-refractivity contribution in [2.75, 3.05) is 26.7 Å². The van der Waals surface area contributed by atoms with Crippen LogP contribution >= 0.6 is 0 Å². The van der Waals surface area contributed by atoms with Gasteiger partial charge in [0.25, 0.3) is 0 Å². The van der Waals surface area contributed by atoms with Crippen LogP contribution in [0.25, 0.3) is 0 Å². The normalized spacial score (nSPS) is 10.5. The summed E-state index contributed by atoms with van der Waals surface area (Å²) in [6.07, 6.45) is 2.09. The van der Waals surface area contributed by atoms with Crippen LogP contribution in [0.15, 0.2) is 24.3 Å². The number of hydrogen-bond donors (Lipinski definition) is 2. The second kappa shape index (κ2) is 9.78. The Morgan fingerprint density at radius 2 is 2.09 bits per heavy atom. The molecule has 6 heteroatoms. The first-order valence-electron chi connectivity index (χ1n) is 7.40. The fourth-order valence-corrected chi connectivity index (χ4v) is 1.87. The van der Waals surface area contributed by atoms with Gasteiger partial charge in [0.05, 0.1) is 19.7 Å². The first-order valence-corrected chi connectivity index (χ1v) is 7.40. The van der Waals surface area contributed by atoms with Gasteiger partial charge >= 0.3 is 5.97 Å². The monoisotopic (exact) mass is 308 g/mol. The number of carbonyl (C=O) groups is 2. The number of rotatable bonds is 10. The summed E-state index contributed by atoms with van der Waals surface area (Å²) in [6.45, 7) is 3.08. The first-order chi connectivity index (χ1) is 10.5. The van der Waals surface area contributed by atoms with Crippen LogP contribution in [-0.4, -0.2) is 48.6 Å². The predicted molar refractivity (Wildman–Crippen MR) is 83.8 cm³/mol. The van der Waals surface area contributed by atoms with Crippen LogP contribution in [0.5, 0.6) is 5.75 Å². The van der Waals surface area contributed by atoms with Crippen molar-refractivity contribution in [2.24, 2.45) is 0 Å². The van der Waals surface area contributed by atoms with Gasteiger partial charge in [-0.2, -0.15) is 0 Å². The number of nitrogens with zero attached hydrogens (tertiary/aromatic N) is 1. The van der Waals surface area contributed by atoms with E-state index < -0.39 is 5.97 Å². The Morgan fingerprint density at radius 1 is 1.32 bits per heavy atom. The van der Waals surface area contributed by atoms with Crippen LogP contribution in [0, 0.1) is 0 Å². The first kappa shape index (κ1) is 18.0. The lowest BCUT2D eigenvalue weighted by atomic mass is 10.2. The zero-order valence-corrected chi connectivity index (χ0v) is 13.2. The van der Waals surface area contributed by atoms with Gasteiger partial charge in [-0.15, -0.1) is 0 Å². The Balaban J connectivity index is 2.38. The van der Waals surface area contributed by atoms with E-state index in [9.17, 15) is 9.59 Å². The number of carboxylic acids is 1. The molecule has 0 aliphatic carbocycles. The number of benzene rings is 1. The summed E-state index contributed by atoms with van der Waals surface area (Å²) in [4.78, 5) is 23.7. The molecule has 1 rings (SSSR count). The fraction of sp³-hybridized carbons (Fsp3) is 0.500. The van der Waals surface area contributed by atoms with Gasteiger partial charge < -0.3 is 15.2 Å². The molecule has 0 saturated heterocycles. The highest BCUT2D eigenvalue weighted by molar-refractivity contribution is 5.78. The zero-order chi connectivity index (χ0) is 16.4. The maximum Gasteiger partial charge on any atom is 0.317 e. The van der Waals surface area contributed by atoms with Crippen LogP contribution in [-0.2, 0) is 16.1 Å². The van der Waals surface area contributed by atoms with Crippen LogP contribution < -0.4 is 10.1 Å². The molecule has 0 saturated carbocycles. The van der Waals surface area contributed by atoms with Gasteiger partial charge in [-0.05, 0) is 31.2 Å². The highest BCUT2D eigenvalue weighted by atomic mass is 16.5. The zero-order valence-electron chi connectivity index (χ0n) is 13.2. The van der Waals surface area contributed by atoms with E-state index >= 15 is 0 Å². The number of aliphatic carboxylic acids is 1. The molecule has 1 amide bonds. The van der Waals surface area contributed by atoms with Crippen molar-refractivity contribution >= 4 is 11.9 Å². The van der Waals surface area contributed by atoms with E-state index in [-0.39, 0.29) is 19.0 Å². The summed E-state index contributed by atoms with van der Waals surface area (Å²) in [5.74, 6) is -0.364. The summed E-state index contributed by atoms with van der Waals surface area (Å²) >= 11 is 0. The van der Waals surface area contributed by atoms with Crippen LogP contribution in [0.1, 0.15) is 25.3 Å². The van der Waals surface area contributed by atoms with E-state index in [1.54, 1.807) is 7.05 Å². The Hall–Kier alpha value is -2.08. The van der Waals surface area contributed by atoms with E-state index in [0.717, 1.165) is 24.2 Å². The molecule has 1 aromatic rings. The second-order valence-electron chi connectivity index (χ2n) is 5.19. The SMILES string of the molecule is CCCCOc1cccc(CNC(=O)CN(C)CC(=O)O)c1. The van der Waals surface area contributed by atoms with Crippen LogP contribution in [0.4, 0.5) is 0 Å². The van der Waals surface area contributed by atoms with E-state index in [1.807, 2.05) is 24.3 Å². The van der Waals surface area contributed by atoms with E-state index in [0.29, 0.717) is 13.2 Å². The molecule has 0 aliphatic heterocycles. The maximum absolute atomic E-state index is 11.7. The van der Waals surface area contributed by atoms with Gasteiger partial charge in [0.2, 0.25) is 5.91 Å². The molecule has 122 valence electrons. The third-order valence-corrected chi connectivity index (χ3v) is 2.97. The minimum atomic E-state index is -0.952. The molecule has 1 aromatic carbocycles. The summed E-state index contributed by atoms with van der Waals surface area (Å²) in [7, 11) is 1.59. The lowest BCUT2D eigenvalue weighted by molar-refractivity contribution is -0.138. The average molecular weight is 308 g/mol. The molecule has 0 spiro atoms. The van der Waals surface area contributed by atoms with Crippen molar-refractivity contribution in [3.05, 3.63) is 29.8 Å². The number of carboxylic acid groups (broad SMARTS) is 1. The predicted octanol–water partition coefficient (Wildman–Crippen LogP) is 1.50. The summed E-state index contributed by atoms with van der Waals surface area (Å²) in [5, 5.41) is 11.4. The molecule has 0 fully saturated rings. The summed E-state index contributed by atoms with van der Waals surface area (Å²) in [6, 6.07) is 7.59. The molecule has 0 unspecified atom stereocenters. The number of carbonyl (C=O) groups excluding carboxylic acids is 1. The molecule has 0 atom stereocenters. The van der Waals surface area contributed by atoms with Crippen molar-refractivity contribution in [1.82, 2.24) is 10.2 Å². The van der Waals surface area contributed by atoms with E-state index in [1.165, 1.54) is 4.90 Å². The molecule has 0 bridgehead atoms. The minimum absolute atomic E-state index is 0.0546. The van der Waals surface area contributed by atoms with Gasteiger partial charge in [0.15, 0.2) is 0 Å². The highest BCUT2D eigenvalue weighted by Crippen LogP contribution is 2.13. The molecule has 0 radical (unpaired) electrons. The minimum Gasteiger partial charge on any atom is -0.494 e. The lowest BCUT2D eigenvalue weighted by Crippen LogP contribution is -2.37. The molecule has 0 aromatic heterocycles. The number of unbranched alkanes of at least 4 members (excludes halogenated alkanes) is 1. The van der Waals surface area contributed by atoms with Crippen LogP contribution in [0.2, 0.25) is 0 Å². The van der Waals surface area contributed by atoms with Crippen molar-refractivity contribution in [3.63, 3.8) is 0 Å². The van der Waals surface area contributed by atoms with Crippen molar-refractivity contribution < 1.29 is 19.4 Å². The highest BCUT2D eigenvalue weighted by Gasteiger charge is 2.09. The number of ether oxygens (including phenoxy) is 1. The molecule has 22 heavy (non-hydrogen) atoms.